The molecule has 0 aliphatic heterocycles. The minimum Gasteiger partial charge on any atom is -0.396 e. The molecule has 110 valence electrons. The predicted octanol–water partition coefficient (Wildman–Crippen LogP) is 2.39. The van der Waals surface area contributed by atoms with E-state index in [-0.39, 0.29) is 12.0 Å². The average molecular weight is 268 g/mol. The molecule has 1 rings (SSSR count). The van der Waals surface area contributed by atoms with Gasteiger partial charge >= 0.3 is 0 Å². The quantitative estimate of drug-likeness (QED) is 0.676. The van der Waals surface area contributed by atoms with Crippen molar-refractivity contribution in [2.24, 2.45) is 5.41 Å². The summed E-state index contributed by atoms with van der Waals surface area (Å²) < 4.78 is 1.93. The van der Waals surface area contributed by atoms with Gasteiger partial charge in [0.15, 0.2) is 0 Å². The molecule has 0 fully saturated rings. The van der Waals surface area contributed by atoms with Crippen LogP contribution in [0.15, 0.2) is 0 Å². The summed E-state index contributed by atoms with van der Waals surface area (Å²) in [6.45, 7) is 10.0. The van der Waals surface area contributed by atoms with Crippen LogP contribution in [-0.4, -0.2) is 28.0 Å². The maximum atomic E-state index is 9.61. The number of aryl methyl sites for hydroxylation is 2. The van der Waals surface area contributed by atoms with Crippen LogP contribution in [0.5, 0.6) is 0 Å². The monoisotopic (exact) mass is 268 g/mol. The van der Waals surface area contributed by atoms with E-state index in [0.29, 0.717) is 5.69 Å². The SMILES string of the molecule is CCCn1nc(C)c(N)c1NCC(CC)(CC)CO. The number of nitrogens with two attached hydrogens (primary N) is 1. The summed E-state index contributed by atoms with van der Waals surface area (Å²) in [6, 6.07) is 0. The summed E-state index contributed by atoms with van der Waals surface area (Å²) >= 11 is 0. The Balaban J connectivity index is 2.87. The van der Waals surface area contributed by atoms with Gasteiger partial charge in [0.05, 0.1) is 18.0 Å². The standard InChI is InChI=1S/C14H28N4O/c1-5-8-18-13(12(15)11(4)17-18)16-9-14(6-2,7-3)10-19/h16,19H,5-10,15H2,1-4H3. The molecule has 5 nitrogen and oxygen atoms in total. The first-order valence-electron chi connectivity index (χ1n) is 7.21. The van der Waals surface area contributed by atoms with E-state index < -0.39 is 0 Å². The molecule has 0 aliphatic rings. The van der Waals surface area contributed by atoms with Crippen molar-refractivity contribution < 1.29 is 5.11 Å². The van der Waals surface area contributed by atoms with Gasteiger partial charge in [0.1, 0.15) is 5.82 Å². The second-order valence-corrected chi connectivity index (χ2v) is 5.29. The third kappa shape index (κ3) is 3.41. The Hall–Kier alpha value is -1.23. The first kappa shape index (κ1) is 15.8. The van der Waals surface area contributed by atoms with Crippen LogP contribution in [0.2, 0.25) is 0 Å². The third-order valence-corrected chi connectivity index (χ3v) is 4.08. The molecule has 0 unspecified atom stereocenters. The molecule has 0 atom stereocenters. The maximum Gasteiger partial charge on any atom is 0.148 e. The van der Waals surface area contributed by atoms with Gasteiger partial charge in [-0.3, -0.25) is 0 Å². The van der Waals surface area contributed by atoms with Crippen LogP contribution in [0.25, 0.3) is 0 Å². The second kappa shape index (κ2) is 6.80. The van der Waals surface area contributed by atoms with Gasteiger partial charge in [-0.05, 0) is 26.2 Å². The smallest absolute Gasteiger partial charge is 0.148 e. The normalized spacial score (nSPS) is 11.8. The Kier molecular flexibility index (Phi) is 5.66. The van der Waals surface area contributed by atoms with Crippen molar-refractivity contribution in [3.05, 3.63) is 5.69 Å². The molecule has 0 radical (unpaired) electrons. The van der Waals surface area contributed by atoms with E-state index in [1.807, 2.05) is 11.6 Å². The van der Waals surface area contributed by atoms with Gasteiger partial charge < -0.3 is 16.2 Å². The van der Waals surface area contributed by atoms with Crippen molar-refractivity contribution in [1.82, 2.24) is 9.78 Å². The predicted molar refractivity (Wildman–Crippen MR) is 80.3 cm³/mol. The van der Waals surface area contributed by atoms with Gasteiger partial charge in [0.2, 0.25) is 0 Å². The summed E-state index contributed by atoms with van der Waals surface area (Å²) in [7, 11) is 0. The number of aliphatic hydroxyl groups excluding tert-OH is 1. The van der Waals surface area contributed by atoms with Gasteiger partial charge in [0, 0.05) is 18.5 Å². The molecule has 1 aromatic rings. The summed E-state index contributed by atoms with van der Waals surface area (Å²) in [4.78, 5) is 0. The number of aromatic nitrogens is 2. The van der Waals surface area contributed by atoms with E-state index >= 15 is 0 Å². The molecule has 0 spiro atoms. The molecule has 0 saturated heterocycles. The summed E-state index contributed by atoms with van der Waals surface area (Å²) in [5, 5.41) is 17.4. The first-order valence-corrected chi connectivity index (χ1v) is 7.21. The molecule has 0 aromatic carbocycles. The second-order valence-electron chi connectivity index (χ2n) is 5.29. The van der Waals surface area contributed by atoms with Gasteiger partial charge in [-0.1, -0.05) is 20.8 Å². The topological polar surface area (TPSA) is 76.1 Å². The van der Waals surface area contributed by atoms with Crippen molar-refractivity contribution in [2.75, 3.05) is 24.2 Å². The lowest BCUT2D eigenvalue weighted by molar-refractivity contribution is 0.127. The zero-order valence-electron chi connectivity index (χ0n) is 12.7. The molecule has 4 N–H and O–H groups in total. The number of anilines is 2. The minimum absolute atomic E-state index is 0.0817. The largest absolute Gasteiger partial charge is 0.396 e. The highest BCUT2D eigenvalue weighted by molar-refractivity contribution is 5.64. The summed E-state index contributed by atoms with van der Waals surface area (Å²) in [5.41, 5.74) is 7.57. The number of hydrogen-bond acceptors (Lipinski definition) is 4. The highest BCUT2D eigenvalue weighted by atomic mass is 16.3. The van der Waals surface area contributed by atoms with Gasteiger partial charge in [-0.2, -0.15) is 5.10 Å². The van der Waals surface area contributed by atoms with Crippen molar-refractivity contribution in [3.8, 4) is 0 Å². The Morgan fingerprint density at radius 2 is 1.95 bits per heavy atom. The van der Waals surface area contributed by atoms with Crippen molar-refractivity contribution >= 4 is 11.5 Å². The average Bonchev–Trinajstić information content (AvgIpc) is 2.68. The van der Waals surface area contributed by atoms with Gasteiger partial charge in [-0.25, -0.2) is 4.68 Å². The number of nitrogen functional groups attached to an aromatic ring is 1. The Bertz CT molecular complexity index is 388. The van der Waals surface area contributed by atoms with Crippen LogP contribution in [0.4, 0.5) is 11.5 Å². The van der Waals surface area contributed by atoms with Crippen LogP contribution in [0, 0.1) is 12.3 Å². The lowest BCUT2D eigenvalue weighted by Gasteiger charge is -2.30. The van der Waals surface area contributed by atoms with E-state index in [0.717, 1.165) is 43.9 Å². The van der Waals surface area contributed by atoms with Crippen LogP contribution in [0.3, 0.4) is 0 Å². The Morgan fingerprint density at radius 1 is 1.32 bits per heavy atom. The lowest BCUT2D eigenvalue weighted by Crippen LogP contribution is -2.33. The van der Waals surface area contributed by atoms with Crippen molar-refractivity contribution in [1.29, 1.82) is 0 Å². The van der Waals surface area contributed by atoms with Gasteiger partial charge in [-0.15, -0.1) is 0 Å². The number of hydrogen-bond donors (Lipinski definition) is 3. The summed E-state index contributed by atoms with van der Waals surface area (Å²) in [6.07, 6.45) is 2.89. The number of nitrogens with zero attached hydrogens (tertiary/aromatic N) is 2. The van der Waals surface area contributed by atoms with Crippen LogP contribution >= 0.6 is 0 Å². The van der Waals surface area contributed by atoms with Crippen LogP contribution in [0.1, 0.15) is 45.7 Å². The molecule has 0 amide bonds. The van der Waals surface area contributed by atoms with E-state index in [1.54, 1.807) is 0 Å². The fraction of sp³-hybridized carbons (Fsp3) is 0.786. The van der Waals surface area contributed by atoms with Gasteiger partial charge in [0.25, 0.3) is 0 Å². The van der Waals surface area contributed by atoms with Crippen molar-refractivity contribution in [2.45, 2.75) is 53.5 Å². The molecule has 0 saturated carbocycles. The molecular weight excluding hydrogens is 240 g/mol. The lowest BCUT2D eigenvalue weighted by atomic mass is 9.83. The number of rotatable bonds is 8. The molecule has 1 heterocycles. The van der Waals surface area contributed by atoms with Crippen LogP contribution in [-0.2, 0) is 6.54 Å². The highest BCUT2D eigenvalue weighted by Gasteiger charge is 2.26. The summed E-state index contributed by atoms with van der Waals surface area (Å²) in [5.74, 6) is 0.888. The number of aliphatic hydroxyl groups is 1. The van der Waals surface area contributed by atoms with Crippen molar-refractivity contribution in [3.63, 3.8) is 0 Å². The zero-order valence-corrected chi connectivity index (χ0v) is 12.7. The van der Waals surface area contributed by atoms with E-state index in [4.69, 9.17) is 5.73 Å². The van der Waals surface area contributed by atoms with E-state index in [1.165, 1.54) is 0 Å². The number of nitrogens with one attached hydrogen (secondary N) is 1. The maximum absolute atomic E-state index is 9.61. The van der Waals surface area contributed by atoms with E-state index in [9.17, 15) is 5.11 Å². The van der Waals surface area contributed by atoms with E-state index in [2.05, 4.69) is 31.2 Å². The zero-order chi connectivity index (χ0) is 14.5. The fourth-order valence-corrected chi connectivity index (χ4v) is 2.21. The molecule has 0 aliphatic carbocycles. The molecular formula is C14H28N4O. The molecule has 1 aromatic heterocycles. The third-order valence-electron chi connectivity index (χ3n) is 4.08. The minimum atomic E-state index is -0.0817. The molecule has 0 bridgehead atoms. The highest BCUT2D eigenvalue weighted by Crippen LogP contribution is 2.29. The van der Waals surface area contributed by atoms with Crippen LogP contribution < -0.4 is 11.1 Å². The first-order chi connectivity index (χ1) is 9.03. The Labute approximate surface area is 116 Å². The fourth-order valence-electron chi connectivity index (χ4n) is 2.21. The Morgan fingerprint density at radius 3 is 2.42 bits per heavy atom. The molecule has 5 heteroatoms. The molecule has 19 heavy (non-hydrogen) atoms.